The third-order valence-corrected chi connectivity index (χ3v) is 5.72. The maximum absolute atomic E-state index is 6.10. The highest BCUT2D eigenvalue weighted by atomic mass is 28.4. The van der Waals surface area contributed by atoms with Crippen LogP contribution >= 0.6 is 0 Å². The molecule has 2 aliphatic carbocycles. The van der Waals surface area contributed by atoms with E-state index < -0.39 is 8.32 Å². The lowest BCUT2D eigenvalue weighted by Crippen LogP contribution is -2.30. The molecule has 2 heteroatoms. The van der Waals surface area contributed by atoms with Gasteiger partial charge in [-0.1, -0.05) is 11.4 Å². The molecule has 0 saturated heterocycles. The SMILES string of the molecule is C=C[Si](C)(C=C)OC1=CC2CCC1C2. The van der Waals surface area contributed by atoms with Gasteiger partial charge in [0.05, 0.1) is 5.76 Å². The first-order valence-electron chi connectivity index (χ1n) is 5.35. The number of hydrogen-bond acceptors (Lipinski definition) is 1. The first-order chi connectivity index (χ1) is 6.67. The minimum absolute atomic E-state index is 0.701. The van der Waals surface area contributed by atoms with E-state index in [4.69, 9.17) is 4.43 Å². The minimum Gasteiger partial charge on any atom is -0.539 e. The van der Waals surface area contributed by atoms with Gasteiger partial charge in [0.1, 0.15) is 0 Å². The van der Waals surface area contributed by atoms with E-state index in [-0.39, 0.29) is 0 Å². The second kappa shape index (κ2) is 3.43. The first-order valence-corrected chi connectivity index (χ1v) is 7.91. The van der Waals surface area contributed by atoms with Gasteiger partial charge in [0, 0.05) is 5.92 Å². The highest BCUT2D eigenvalue weighted by Gasteiger charge is 2.36. The summed E-state index contributed by atoms with van der Waals surface area (Å²) in [6, 6.07) is 0. The second-order valence-corrected chi connectivity index (χ2v) is 7.92. The van der Waals surface area contributed by atoms with E-state index in [0.29, 0.717) is 5.92 Å². The fraction of sp³-hybridized carbons (Fsp3) is 0.500. The molecule has 2 aliphatic rings. The fourth-order valence-electron chi connectivity index (χ4n) is 2.33. The highest BCUT2D eigenvalue weighted by molar-refractivity contribution is 6.82. The molecule has 0 aromatic carbocycles. The van der Waals surface area contributed by atoms with Crippen molar-refractivity contribution < 1.29 is 4.43 Å². The van der Waals surface area contributed by atoms with Crippen LogP contribution in [0.2, 0.25) is 6.55 Å². The number of hydrogen-bond donors (Lipinski definition) is 0. The van der Waals surface area contributed by atoms with Crippen LogP contribution in [0.4, 0.5) is 0 Å². The third-order valence-electron chi connectivity index (χ3n) is 3.42. The quantitative estimate of drug-likeness (QED) is 0.641. The van der Waals surface area contributed by atoms with Crippen LogP contribution in [0.3, 0.4) is 0 Å². The van der Waals surface area contributed by atoms with Crippen molar-refractivity contribution in [2.24, 2.45) is 11.8 Å². The molecule has 2 atom stereocenters. The molecule has 2 unspecified atom stereocenters. The maximum Gasteiger partial charge on any atom is 0.295 e. The van der Waals surface area contributed by atoms with Gasteiger partial charge < -0.3 is 4.43 Å². The van der Waals surface area contributed by atoms with Crippen LogP contribution in [0, 0.1) is 11.8 Å². The van der Waals surface area contributed by atoms with Gasteiger partial charge in [-0.3, -0.25) is 0 Å². The van der Waals surface area contributed by atoms with Gasteiger partial charge in [-0.15, -0.1) is 13.2 Å². The van der Waals surface area contributed by atoms with Crippen LogP contribution in [0.1, 0.15) is 19.3 Å². The fourth-order valence-corrected chi connectivity index (χ4v) is 3.41. The largest absolute Gasteiger partial charge is 0.539 e. The molecule has 0 N–H and O–H groups in total. The van der Waals surface area contributed by atoms with Gasteiger partial charge in [0.15, 0.2) is 0 Å². The molecule has 0 amide bonds. The molecule has 1 nitrogen and oxygen atoms in total. The molecule has 1 fully saturated rings. The number of fused-ring (bicyclic) bond motifs is 2. The van der Waals surface area contributed by atoms with E-state index in [2.05, 4.69) is 25.8 Å². The zero-order chi connectivity index (χ0) is 10.2. The molecule has 0 aromatic rings. The smallest absolute Gasteiger partial charge is 0.295 e. The molecule has 0 aromatic heterocycles. The van der Waals surface area contributed by atoms with Gasteiger partial charge in [0.2, 0.25) is 0 Å². The van der Waals surface area contributed by atoms with Crippen LogP contribution in [0.15, 0.2) is 36.4 Å². The standard InChI is InChI=1S/C12H18OSi/c1-4-14(3,5-2)13-12-9-10-6-7-11(12)8-10/h4-5,9-11H,1-2,6-8H2,3H3. The Morgan fingerprint density at radius 2 is 2.14 bits per heavy atom. The van der Waals surface area contributed by atoms with Crippen molar-refractivity contribution in [1.29, 1.82) is 0 Å². The third kappa shape index (κ3) is 1.59. The Kier molecular flexibility index (Phi) is 2.39. The molecule has 0 aliphatic heterocycles. The van der Waals surface area contributed by atoms with Gasteiger partial charge in [-0.2, -0.15) is 0 Å². The monoisotopic (exact) mass is 206 g/mol. The molecule has 0 radical (unpaired) electrons. The summed E-state index contributed by atoms with van der Waals surface area (Å²) in [5.41, 5.74) is 3.90. The Labute approximate surface area is 87.3 Å². The molecular formula is C12H18OSi. The first kappa shape index (κ1) is 9.78. The van der Waals surface area contributed by atoms with Crippen molar-refractivity contribution >= 4 is 8.32 Å². The lowest BCUT2D eigenvalue weighted by Gasteiger charge is -2.25. The molecular weight excluding hydrogens is 188 g/mol. The van der Waals surface area contributed by atoms with Crippen molar-refractivity contribution in [3.05, 3.63) is 36.4 Å². The van der Waals surface area contributed by atoms with Crippen LogP contribution in [-0.2, 0) is 4.43 Å². The van der Waals surface area contributed by atoms with Crippen LogP contribution in [-0.4, -0.2) is 8.32 Å². The molecule has 1 saturated carbocycles. The highest BCUT2D eigenvalue weighted by Crippen LogP contribution is 2.44. The van der Waals surface area contributed by atoms with E-state index in [9.17, 15) is 0 Å². The Balaban J connectivity index is 2.08. The Bertz CT molecular complexity index is 285. The Hall–Kier alpha value is -0.763. The zero-order valence-corrected chi connectivity index (χ0v) is 9.83. The average Bonchev–Trinajstić information content (AvgIpc) is 2.79. The maximum atomic E-state index is 6.10. The van der Waals surface area contributed by atoms with Crippen LogP contribution < -0.4 is 0 Å². The molecule has 0 heterocycles. The Morgan fingerprint density at radius 3 is 2.57 bits per heavy atom. The van der Waals surface area contributed by atoms with E-state index in [1.165, 1.54) is 25.0 Å². The summed E-state index contributed by atoms with van der Waals surface area (Å²) in [6.07, 6.45) is 6.31. The second-order valence-electron chi connectivity index (χ2n) is 4.53. The Morgan fingerprint density at radius 1 is 1.43 bits per heavy atom. The summed E-state index contributed by atoms with van der Waals surface area (Å²) in [4.78, 5) is 0. The lowest BCUT2D eigenvalue weighted by atomic mass is 10.1. The van der Waals surface area contributed by atoms with E-state index in [1.54, 1.807) is 0 Å². The predicted octanol–water partition coefficient (Wildman–Crippen LogP) is 3.34. The van der Waals surface area contributed by atoms with Crippen LogP contribution in [0.5, 0.6) is 0 Å². The van der Waals surface area contributed by atoms with Crippen molar-refractivity contribution in [1.82, 2.24) is 0 Å². The molecule has 76 valence electrons. The van der Waals surface area contributed by atoms with Gasteiger partial charge in [0.25, 0.3) is 8.32 Å². The van der Waals surface area contributed by atoms with Crippen molar-refractivity contribution in [3.63, 3.8) is 0 Å². The van der Waals surface area contributed by atoms with Crippen molar-refractivity contribution in [3.8, 4) is 0 Å². The average molecular weight is 206 g/mol. The summed E-state index contributed by atoms with van der Waals surface area (Å²) in [5.74, 6) is 2.73. The zero-order valence-electron chi connectivity index (χ0n) is 8.83. The number of rotatable bonds is 4. The lowest BCUT2D eigenvalue weighted by molar-refractivity contribution is 0.357. The summed E-state index contributed by atoms with van der Waals surface area (Å²) in [5, 5.41) is 0. The molecule has 2 rings (SSSR count). The normalized spacial score (nSPS) is 29.9. The minimum atomic E-state index is -1.84. The summed E-state index contributed by atoms with van der Waals surface area (Å²) in [7, 11) is -1.84. The predicted molar refractivity (Wildman–Crippen MR) is 62.0 cm³/mol. The topological polar surface area (TPSA) is 9.23 Å². The molecule has 0 spiro atoms. The van der Waals surface area contributed by atoms with E-state index >= 15 is 0 Å². The van der Waals surface area contributed by atoms with Crippen molar-refractivity contribution in [2.75, 3.05) is 0 Å². The molecule has 14 heavy (non-hydrogen) atoms. The van der Waals surface area contributed by atoms with Gasteiger partial charge >= 0.3 is 0 Å². The van der Waals surface area contributed by atoms with Crippen LogP contribution in [0.25, 0.3) is 0 Å². The van der Waals surface area contributed by atoms with Gasteiger partial charge in [-0.05, 0) is 37.8 Å². The number of allylic oxidation sites excluding steroid dienone is 2. The summed E-state index contributed by atoms with van der Waals surface area (Å²) >= 11 is 0. The van der Waals surface area contributed by atoms with E-state index in [1.807, 2.05) is 11.4 Å². The summed E-state index contributed by atoms with van der Waals surface area (Å²) < 4.78 is 6.10. The van der Waals surface area contributed by atoms with Gasteiger partial charge in [-0.25, -0.2) is 0 Å². The van der Waals surface area contributed by atoms with E-state index in [0.717, 1.165) is 5.92 Å². The molecule has 2 bridgehead atoms. The van der Waals surface area contributed by atoms with Crippen molar-refractivity contribution in [2.45, 2.75) is 25.8 Å². The summed E-state index contributed by atoms with van der Waals surface area (Å²) in [6.45, 7) is 9.83.